The fourth-order valence-corrected chi connectivity index (χ4v) is 0.999. The van der Waals surface area contributed by atoms with E-state index in [9.17, 15) is 4.79 Å². The molecule has 6 heteroatoms. The van der Waals surface area contributed by atoms with Crippen molar-refractivity contribution in [2.45, 2.75) is 6.54 Å². The van der Waals surface area contributed by atoms with Gasteiger partial charge in [0.2, 0.25) is 5.91 Å². The normalized spacial score (nSPS) is 10.1. The van der Waals surface area contributed by atoms with Crippen molar-refractivity contribution in [2.24, 2.45) is 0 Å². The minimum absolute atomic E-state index is 0.0382. The molecule has 1 aromatic rings. The molecule has 0 atom stereocenters. The molecule has 3 N–H and O–H groups in total. The number of anilines is 1. The monoisotopic (exact) mass is 198 g/mol. The van der Waals surface area contributed by atoms with Crippen LogP contribution >= 0.6 is 0 Å². The van der Waals surface area contributed by atoms with Gasteiger partial charge in [0.1, 0.15) is 12.4 Å². The Hall–Kier alpha value is -1.56. The Kier molecular flexibility index (Phi) is 3.47. The first-order valence-corrected chi connectivity index (χ1v) is 4.27. The van der Waals surface area contributed by atoms with E-state index in [1.807, 2.05) is 0 Å². The number of amides is 1. The summed E-state index contributed by atoms with van der Waals surface area (Å²) in [6, 6.07) is 1.62. The van der Waals surface area contributed by atoms with Gasteiger partial charge in [0.05, 0.1) is 6.61 Å². The standard InChI is InChI=1S/C8H14N4O2/c1-11(4-5-13)8(14)6-12-3-2-7(9)10-12/h2-3,13H,4-6H2,1H3,(H2,9,10). The lowest BCUT2D eigenvalue weighted by molar-refractivity contribution is -0.131. The number of nitrogens with zero attached hydrogens (tertiary/aromatic N) is 3. The van der Waals surface area contributed by atoms with E-state index in [-0.39, 0.29) is 19.1 Å². The molecule has 78 valence electrons. The van der Waals surface area contributed by atoms with Gasteiger partial charge in [0.15, 0.2) is 0 Å². The lowest BCUT2D eigenvalue weighted by Crippen LogP contribution is -2.32. The van der Waals surface area contributed by atoms with Crippen molar-refractivity contribution in [2.75, 3.05) is 25.9 Å². The van der Waals surface area contributed by atoms with E-state index in [4.69, 9.17) is 10.8 Å². The van der Waals surface area contributed by atoms with Crippen LogP contribution in [0.4, 0.5) is 5.82 Å². The van der Waals surface area contributed by atoms with Crippen LogP contribution < -0.4 is 5.73 Å². The number of aliphatic hydroxyl groups is 1. The average molecular weight is 198 g/mol. The number of carbonyl (C=O) groups excluding carboxylic acids is 1. The molecular formula is C8H14N4O2. The largest absolute Gasteiger partial charge is 0.395 e. The van der Waals surface area contributed by atoms with Crippen LogP contribution in [0.2, 0.25) is 0 Å². The highest BCUT2D eigenvalue weighted by Gasteiger charge is 2.08. The lowest BCUT2D eigenvalue weighted by atomic mass is 10.5. The van der Waals surface area contributed by atoms with Crippen LogP contribution in [0.1, 0.15) is 0 Å². The second-order valence-electron chi connectivity index (χ2n) is 2.98. The highest BCUT2D eigenvalue weighted by atomic mass is 16.3. The molecule has 0 saturated heterocycles. The van der Waals surface area contributed by atoms with E-state index in [0.29, 0.717) is 12.4 Å². The van der Waals surface area contributed by atoms with Crippen LogP contribution in [0.25, 0.3) is 0 Å². The Morgan fingerprint density at radius 1 is 1.79 bits per heavy atom. The molecule has 0 bridgehead atoms. The summed E-state index contributed by atoms with van der Waals surface area (Å²) in [4.78, 5) is 12.9. The van der Waals surface area contributed by atoms with Gasteiger partial charge in [-0.05, 0) is 6.07 Å². The van der Waals surface area contributed by atoms with Gasteiger partial charge in [-0.15, -0.1) is 0 Å². The van der Waals surface area contributed by atoms with Gasteiger partial charge >= 0.3 is 0 Å². The van der Waals surface area contributed by atoms with Gasteiger partial charge in [-0.25, -0.2) is 0 Å². The van der Waals surface area contributed by atoms with E-state index in [1.54, 1.807) is 19.3 Å². The number of nitrogens with two attached hydrogens (primary N) is 1. The van der Waals surface area contributed by atoms with Crippen molar-refractivity contribution < 1.29 is 9.90 Å². The number of hydrogen-bond acceptors (Lipinski definition) is 4. The fraction of sp³-hybridized carbons (Fsp3) is 0.500. The summed E-state index contributed by atoms with van der Waals surface area (Å²) in [5, 5.41) is 12.5. The molecule has 1 aromatic heterocycles. The molecule has 0 saturated carbocycles. The number of aliphatic hydroxyl groups excluding tert-OH is 1. The smallest absolute Gasteiger partial charge is 0.244 e. The number of hydrogen-bond donors (Lipinski definition) is 2. The third kappa shape index (κ3) is 2.74. The molecule has 0 aromatic carbocycles. The van der Waals surface area contributed by atoms with E-state index in [2.05, 4.69) is 5.10 Å². The number of nitrogen functional groups attached to an aromatic ring is 1. The first kappa shape index (κ1) is 10.5. The van der Waals surface area contributed by atoms with E-state index < -0.39 is 0 Å². The lowest BCUT2D eigenvalue weighted by Gasteiger charge is -2.15. The summed E-state index contributed by atoms with van der Waals surface area (Å²) in [5.41, 5.74) is 5.39. The molecular weight excluding hydrogens is 184 g/mol. The van der Waals surface area contributed by atoms with Crippen molar-refractivity contribution in [1.82, 2.24) is 14.7 Å². The summed E-state index contributed by atoms with van der Waals surface area (Å²) in [5.74, 6) is 0.282. The molecule has 1 heterocycles. The second-order valence-corrected chi connectivity index (χ2v) is 2.98. The summed E-state index contributed by atoms with van der Waals surface area (Å²) < 4.78 is 1.46. The van der Waals surface area contributed by atoms with E-state index >= 15 is 0 Å². The Bertz CT molecular complexity index is 310. The van der Waals surface area contributed by atoms with Gasteiger partial charge in [0, 0.05) is 19.8 Å². The molecule has 0 aliphatic heterocycles. The Labute approximate surface area is 81.9 Å². The minimum Gasteiger partial charge on any atom is -0.395 e. The number of rotatable bonds is 4. The maximum absolute atomic E-state index is 11.4. The fourth-order valence-electron chi connectivity index (χ4n) is 0.999. The predicted molar refractivity (Wildman–Crippen MR) is 51.4 cm³/mol. The first-order valence-electron chi connectivity index (χ1n) is 4.27. The topological polar surface area (TPSA) is 84.4 Å². The summed E-state index contributed by atoms with van der Waals surface area (Å²) in [6.45, 7) is 0.437. The molecule has 0 fully saturated rings. The quantitative estimate of drug-likeness (QED) is 0.644. The summed E-state index contributed by atoms with van der Waals surface area (Å²) in [7, 11) is 1.63. The molecule has 14 heavy (non-hydrogen) atoms. The minimum atomic E-state index is -0.109. The van der Waals surface area contributed by atoms with Crippen LogP contribution in [0.5, 0.6) is 0 Å². The van der Waals surface area contributed by atoms with Crippen LogP contribution in [0.15, 0.2) is 12.3 Å². The van der Waals surface area contributed by atoms with Crippen molar-refractivity contribution in [1.29, 1.82) is 0 Å². The van der Waals surface area contributed by atoms with E-state index in [1.165, 1.54) is 9.58 Å². The maximum Gasteiger partial charge on any atom is 0.244 e. The number of carbonyl (C=O) groups is 1. The molecule has 1 rings (SSSR count). The van der Waals surface area contributed by atoms with Crippen molar-refractivity contribution in [3.8, 4) is 0 Å². The molecule has 6 nitrogen and oxygen atoms in total. The highest BCUT2D eigenvalue weighted by molar-refractivity contribution is 5.75. The van der Waals surface area contributed by atoms with Gasteiger partial charge in [0.25, 0.3) is 0 Å². The van der Waals surface area contributed by atoms with Crippen molar-refractivity contribution >= 4 is 11.7 Å². The van der Waals surface area contributed by atoms with Gasteiger partial charge in [-0.2, -0.15) is 5.10 Å². The molecule has 1 amide bonds. The van der Waals surface area contributed by atoms with E-state index in [0.717, 1.165) is 0 Å². The van der Waals surface area contributed by atoms with Crippen LogP contribution in [-0.2, 0) is 11.3 Å². The molecule has 0 radical (unpaired) electrons. The van der Waals surface area contributed by atoms with Gasteiger partial charge < -0.3 is 15.7 Å². The Morgan fingerprint density at radius 2 is 2.50 bits per heavy atom. The maximum atomic E-state index is 11.4. The summed E-state index contributed by atoms with van der Waals surface area (Å²) in [6.07, 6.45) is 1.64. The molecule has 0 spiro atoms. The third-order valence-corrected chi connectivity index (χ3v) is 1.82. The van der Waals surface area contributed by atoms with Gasteiger partial charge in [-0.3, -0.25) is 9.48 Å². The molecule has 0 aliphatic rings. The highest BCUT2D eigenvalue weighted by Crippen LogP contribution is 1.96. The van der Waals surface area contributed by atoms with Gasteiger partial charge in [-0.1, -0.05) is 0 Å². The van der Waals surface area contributed by atoms with Crippen LogP contribution in [-0.4, -0.2) is 45.9 Å². The van der Waals surface area contributed by atoms with Crippen LogP contribution in [0.3, 0.4) is 0 Å². The predicted octanol–water partition coefficient (Wildman–Crippen LogP) is -1.08. The van der Waals surface area contributed by atoms with Crippen molar-refractivity contribution in [3.63, 3.8) is 0 Å². The second kappa shape index (κ2) is 4.61. The SMILES string of the molecule is CN(CCO)C(=O)Cn1ccc(N)n1. The summed E-state index contributed by atoms with van der Waals surface area (Å²) >= 11 is 0. The molecule has 0 aliphatic carbocycles. The number of aromatic nitrogens is 2. The zero-order valence-corrected chi connectivity index (χ0v) is 8.05. The Balaban J connectivity index is 2.48. The molecule has 0 unspecified atom stereocenters. The zero-order chi connectivity index (χ0) is 10.6. The van der Waals surface area contributed by atoms with Crippen LogP contribution in [0, 0.1) is 0 Å². The Morgan fingerprint density at radius 3 is 3.00 bits per heavy atom. The third-order valence-electron chi connectivity index (χ3n) is 1.82. The van der Waals surface area contributed by atoms with Crippen molar-refractivity contribution in [3.05, 3.63) is 12.3 Å². The zero-order valence-electron chi connectivity index (χ0n) is 8.05. The number of likely N-dealkylation sites (N-methyl/N-ethyl adjacent to an activating group) is 1. The average Bonchev–Trinajstić information content (AvgIpc) is 2.51. The first-order chi connectivity index (χ1) is 6.63.